The van der Waals surface area contributed by atoms with Gasteiger partial charge in [-0.05, 0) is 25.2 Å². The molecular formula is C12H20N2O3. The molecule has 0 aliphatic heterocycles. The maximum absolute atomic E-state index is 11.5. The summed E-state index contributed by atoms with van der Waals surface area (Å²) in [5.74, 6) is -0.576. The lowest BCUT2D eigenvalue weighted by Gasteiger charge is -2.14. The Morgan fingerprint density at radius 1 is 1.24 bits per heavy atom. The predicted octanol–water partition coefficient (Wildman–Crippen LogP) is 0.498. The maximum atomic E-state index is 11.5. The Labute approximate surface area is 101 Å². The minimum Gasteiger partial charge on any atom is -0.480 e. The van der Waals surface area contributed by atoms with Crippen LogP contribution < -0.4 is 10.6 Å². The topological polar surface area (TPSA) is 78.4 Å². The summed E-state index contributed by atoms with van der Waals surface area (Å²) in [6.07, 6.45) is 5.54. The summed E-state index contributed by atoms with van der Waals surface area (Å²) in [4.78, 5) is 22.5. The van der Waals surface area contributed by atoms with Gasteiger partial charge in [-0.15, -0.1) is 0 Å². The number of carboxylic acids is 1. The molecule has 1 amide bonds. The van der Waals surface area contributed by atoms with Crippen LogP contribution in [0.1, 0.15) is 38.5 Å². The van der Waals surface area contributed by atoms with Crippen molar-refractivity contribution in [2.24, 2.45) is 5.92 Å². The highest BCUT2D eigenvalue weighted by atomic mass is 16.4. The number of hydrogen-bond donors (Lipinski definition) is 3. The fourth-order valence-electron chi connectivity index (χ4n) is 1.85. The summed E-state index contributed by atoms with van der Waals surface area (Å²) < 4.78 is 0. The van der Waals surface area contributed by atoms with Gasteiger partial charge in [0.15, 0.2) is 0 Å². The Bertz CT molecular complexity index is 298. The SMILES string of the molecule is O=C(CCNC1CC1)NC(CC1CC1)C(=O)O. The maximum Gasteiger partial charge on any atom is 0.326 e. The summed E-state index contributed by atoms with van der Waals surface area (Å²) in [6, 6.07) is -0.111. The largest absolute Gasteiger partial charge is 0.480 e. The minimum absolute atomic E-state index is 0.161. The molecule has 0 aromatic heterocycles. The van der Waals surface area contributed by atoms with Gasteiger partial charge >= 0.3 is 5.97 Å². The lowest BCUT2D eigenvalue weighted by atomic mass is 10.1. The second kappa shape index (κ2) is 5.49. The van der Waals surface area contributed by atoms with E-state index in [1.807, 2.05) is 0 Å². The van der Waals surface area contributed by atoms with E-state index in [2.05, 4.69) is 10.6 Å². The van der Waals surface area contributed by atoms with E-state index < -0.39 is 12.0 Å². The lowest BCUT2D eigenvalue weighted by molar-refractivity contribution is -0.142. The van der Waals surface area contributed by atoms with Crippen molar-refractivity contribution in [3.8, 4) is 0 Å². The lowest BCUT2D eigenvalue weighted by Crippen LogP contribution is -2.42. The number of carbonyl (C=O) groups excluding carboxylic acids is 1. The molecule has 96 valence electrons. The van der Waals surface area contributed by atoms with E-state index in [4.69, 9.17) is 5.11 Å². The van der Waals surface area contributed by atoms with Crippen LogP contribution in [0.25, 0.3) is 0 Å². The van der Waals surface area contributed by atoms with E-state index in [1.165, 1.54) is 12.8 Å². The van der Waals surface area contributed by atoms with Crippen LogP contribution in [0.3, 0.4) is 0 Å². The van der Waals surface area contributed by atoms with Gasteiger partial charge in [-0.3, -0.25) is 4.79 Å². The van der Waals surface area contributed by atoms with E-state index in [1.54, 1.807) is 0 Å². The van der Waals surface area contributed by atoms with E-state index in [9.17, 15) is 9.59 Å². The number of hydrogen-bond acceptors (Lipinski definition) is 3. The van der Waals surface area contributed by atoms with Gasteiger partial charge in [0.05, 0.1) is 0 Å². The minimum atomic E-state index is -0.916. The van der Waals surface area contributed by atoms with Gasteiger partial charge in [0.25, 0.3) is 0 Å². The molecule has 2 fully saturated rings. The normalized spacial score (nSPS) is 20.9. The molecule has 5 heteroatoms. The molecule has 2 rings (SSSR count). The quantitative estimate of drug-likeness (QED) is 0.577. The summed E-state index contributed by atoms with van der Waals surface area (Å²) in [6.45, 7) is 0.645. The van der Waals surface area contributed by atoms with Gasteiger partial charge in [0.2, 0.25) is 5.91 Å². The van der Waals surface area contributed by atoms with Crippen molar-refractivity contribution in [3.63, 3.8) is 0 Å². The van der Waals surface area contributed by atoms with Crippen LogP contribution in [0.4, 0.5) is 0 Å². The van der Waals surface area contributed by atoms with E-state index >= 15 is 0 Å². The third kappa shape index (κ3) is 4.73. The van der Waals surface area contributed by atoms with E-state index in [-0.39, 0.29) is 5.91 Å². The van der Waals surface area contributed by atoms with Crippen LogP contribution in [-0.2, 0) is 9.59 Å². The molecule has 1 atom stereocenters. The van der Waals surface area contributed by atoms with Gasteiger partial charge in [-0.25, -0.2) is 4.79 Å². The van der Waals surface area contributed by atoms with Crippen molar-refractivity contribution in [2.75, 3.05) is 6.54 Å². The average molecular weight is 240 g/mol. The first kappa shape index (κ1) is 12.4. The third-order valence-electron chi connectivity index (χ3n) is 3.26. The van der Waals surface area contributed by atoms with Crippen molar-refractivity contribution < 1.29 is 14.7 Å². The molecule has 5 nitrogen and oxygen atoms in total. The fraction of sp³-hybridized carbons (Fsp3) is 0.833. The zero-order valence-corrected chi connectivity index (χ0v) is 9.95. The van der Waals surface area contributed by atoms with Crippen molar-refractivity contribution in [1.29, 1.82) is 0 Å². The Morgan fingerprint density at radius 3 is 2.47 bits per heavy atom. The molecular weight excluding hydrogens is 220 g/mol. The van der Waals surface area contributed by atoms with Crippen LogP contribution >= 0.6 is 0 Å². The number of rotatable bonds is 8. The standard InChI is InChI=1S/C12H20N2O3/c15-11(5-6-13-9-3-4-9)14-10(12(16)17)7-8-1-2-8/h8-10,13H,1-7H2,(H,14,15)(H,16,17). The first-order valence-electron chi connectivity index (χ1n) is 6.40. The molecule has 2 aliphatic rings. The van der Waals surface area contributed by atoms with Crippen LogP contribution in [0.5, 0.6) is 0 Å². The number of carboxylic acid groups (broad SMARTS) is 1. The van der Waals surface area contributed by atoms with Crippen molar-refractivity contribution >= 4 is 11.9 Å². The van der Waals surface area contributed by atoms with Crippen LogP contribution in [-0.4, -0.2) is 35.6 Å². The zero-order chi connectivity index (χ0) is 12.3. The monoisotopic (exact) mass is 240 g/mol. The molecule has 0 bridgehead atoms. The van der Waals surface area contributed by atoms with E-state index in [0.717, 1.165) is 12.8 Å². The van der Waals surface area contributed by atoms with Gasteiger partial charge < -0.3 is 15.7 Å². The number of amides is 1. The Kier molecular flexibility index (Phi) is 3.99. The molecule has 3 N–H and O–H groups in total. The number of carbonyl (C=O) groups is 2. The Morgan fingerprint density at radius 2 is 1.94 bits per heavy atom. The molecule has 2 aliphatic carbocycles. The zero-order valence-electron chi connectivity index (χ0n) is 9.95. The summed E-state index contributed by atoms with van der Waals surface area (Å²) >= 11 is 0. The molecule has 2 saturated carbocycles. The molecule has 0 spiro atoms. The highest BCUT2D eigenvalue weighted by molar-refractivity contribution is 5.83. The average Bonchev–Trinajstić information content (AvgIpc) is 3.11. The molecule has 1 unspecified atom stereocenters. The first-order chi connectivity index (χ1) is 8.15. The van der Waals surface area contributed by atoms with Crippen molar-refractivity contribution in [1.82, 2.24) is 10.6 Å². The third-order valence-corrected chi connectivity index (χ3v) is 3.26. The highest BCUT2D eigenvalue weighted by Gasteiger charge is 2.30. The van der Waals surface area contributed by atoms with Gasteiger partial charge in [0, 0.05) is 19.0 Å². The molecule has 0 radical (unpaired) electrons. The Hall–Kier alpha value is -1.10. The summed E-state index contributed by atoms with van der Waals surface area (Å²) in [7, 11) is 0. The van der Waals surface area contributed by atoms with Crippen LogP contribution in [0.15, 0.2) is 0 Å². The molecule has 0 aromatic carbocycles. The van der Waals surface area contributed by atoms with E-state index in [0.29, 0.717) is 31.3 Å². The van der Waals surface area contributed by atoms with Crippen LogP contribution in [0.2, 0.25) is 0 Å². The predicted molar refractivity (Wildman–Crippen MR) is 62.5 cm³/mol. The molecule has 0 saturated heterocycles. The highest BCUT2D eigenvalue weighted by Crippen LogP contribution is 2.33. The molecule has 0 heterocycles. The fourth-order valence-corrected chi connectivity index (χ4v) is 1.85. The van der Waals surface area contributed by atoms with Gasteiger partial charge in [0.1, 0.15) is 6.04 Å². The molecule has 0 aromatic rings. The summed E-state index contributed by atoms with van der Waals surface area (Å²) in [5.41, 5.74) is 0. The number of nitrogens with one attached hydrogen (secondary N) is 2. The second-order valence-corrected chi connectivity index (χ2v) is 5.12. The van der Waals surface area contributed by atoms with Gasteiger partial charge in [-0.2, -0.15) is 0 Å². The summed E-state index contributed by atoms with van der Waals surface area (Å²) in [5, 5.41) is 14.8. The van der Waals surface area contributed by atoms with Crippen LogP contribution in [0, 0.1) is 5.92 Å². The smallest absolute Gasteiger partial charge is 0.326 e. The van der Waals surface area contributed by atoms with Gasteiger partial charge in [-0.1, -0.05) is 12.8 Å². The second-order valence-electron chi connectivity index (χ2n) is 5.12. The van der Waals surface area contributed by atoms with Crippen molar-refractivity contribution in [2.45, 2.75) is 50.6 Å². The Balaban J connectivity index is 1.63. The number of aliphatic carboxylic acids is 1. The first-order valence-corrected chi connectivity index (χ1v) is 6.40. The molecule has 17 heavy (non-hydrogen) atoms. The van der Waals surface area contributed by atoms with Crippen molar-refractivity contribution in [3.05, 3.63) is 0 Å².